The number of nitrogens with zero attached hydrogens (tertiary/aromatic N) is 2. The standard InChI is InChI=1S/C15H16FN3S/c1-17-14-8-12(10-6-7-10)18-15(19-14)9-20-13-5-3-2-4-11(13)16/h2-5,8,10H,6-7,9H2,1H3,(H,17,18,19). The molecule has 0 bridgehead atoms. The fourth-order valence-electron chi connectivity index (χ4n) is 2.00. The van der Waals surface area contributed by atoms with Crippen LogP contribution < -0.4 is 5.32 Å². The Morgan fingerprint density at radius 3 is 2.80 bits per heavy atom. The van der Waals surface area contributed by atoms with Crippen LogP contribution in [-0.4, -0.2) is 17.0 Å². The van der Waals surface area contributed by atoms with E-state index >= 15 is 0 Å². The van der Waals surface area contributed by atoms with Gasteiger partial charge in [0.05, 0.1) is 5.75 Å². The van der Waals surface area contributed by atoms with Crippen molar-refractivity contribution in [2.45, 2.75) is 29.4 Å². The van der Waals surface area contributed by atoms with Gasteiger partial charge in [-0.25, -0.2) is 14.4 Å². The van der Waals surface area contributed by atoms with Crippen molar-refractivity contribution in [3.63, 3.8) is 0 Å². The first-order chi connectivity index (χ1) is 9.76. The van der Waals surface area contributed by atoms with E-state index in [-0.39, 0.29) is 5.82 Å². The van der Waals surface area contributed by atoms with Crippen LogP contribution in [0.4, 0.5) is 10.2 Å². The number of benzene rings is 1. The zero-order valence-corrected chi connectivity index (χ0v) is 12.1. The average Bonchev–Trinajstić information content (AvgIpc) is 3.31. The zero-order chi connectivity index (χ0) is 13.9. The zero-order valence-electron chi connectivity index (χ0n) is 11.3. The van der Waals surface area contributed by atoms with E-state index in [2.05, 4.69) is 15.3 Å². The molecule has 3 nitrogen and oxygen atoms in total. The molecule has 1 aromatic carbocycles. The fourth-order valence-corrected chi connectivity index (χ4v) is 2.80. The van der Waals surface area contributed by atoms with Crippen molar-refractivity contribution in [1.29, 1.82) is 0 Å². The van der Waals surface area contributed by atoms with E-state index in [1.165, 1.54) is 30.7 Å². The summed E-state index contributed by atoms with van der Waals surface area (Å²) < 4.78 is 13.6. The normalized spacial score (nSPS) is 14.3. The van der Waals surface area contributed by atoms with Crippen molar-refractivity contribution in [3.05, 3.63) is 47.7 Å². The second kappa shape index (κ2) is 5.79. The second-order valence-corrected chi connectivity index (χ2v) is 5.85. The van der Waals surface area contributed by atoms with Gasteiger partial charge in [0, 0.05) is 29.6 Å². The first-order valence-corrected chi connectivity index (χ1v) is 7.68. The summed E-state index contributed by atoms with van der Waals surface area (Å²) >= 11 is 1.43. The molecule has 1 saturated carbocycles. The second-order valence-electron chi connectivity index (χ2n) is 4.84. The minimum absolute atomic E-state index is 0.190. The molecule has 0 saturated heterocycles. The highest BCUT2D eigenvalue weighted by molar-refractivity contribution is 7.98. The Kier molecular flexibility index (Phi) is 3.87. The Morgan fingerprint density at radius 1 is 1.30 bits per heavy atom. The van der Waals surface area contributed by atoms with Gasteiger partial charge >= 0.3 is 0 Å². The van der Waals surface area contributed by atoms with E-state index in [9.17, 15) is 4.39 Å². The topological polar surface area (TPSA) is 37.8 Å². The van der Waals surface area contributed by atoms with Gasteiger partial charge < -0.3 is 5.32 Å². The highest BCUT2D eigenvalue weighted by Crippen LogP contribution is 2.39. The summed E-state index contributed by atoms with van der Waals surface area (Å²) in [6, 6.07) is 8.80. The Bertz CT molecular complexity index is 614. The smallest absolute Gasteiger partial charge is 0.141 e. The van der Waals surface area contributed by atoms with Crippen LogP contribution in [-0.2, 0) is 5.75 Å². The lowest BCUT2D eigenvalue weighted by molar-refractivity contribution is 0.602. The minimum Gasteiger partial charge on any atom is -0.373 e. The molecule has 0 radical (unpaired) electrons. The maximum absolute atomic E-state index is 13.6. The molecule has 1 N–H and O–H groups in total. The SMILES string of the molecule is CNc1cc(C2CC2)nc(CSc2ccccc2F)n1. The molecule has 0 amide bonds. The summed E-state index contributed by atoms with van der Waals surface area (Å²) in [5.74, 6) is 2.57. The van der Waals surface area contributed by atoms with Crippen molar-refractivity contribution in [2.24, 2.45) is 0 Å². The number of thioether (sulfide) groups is 1. The van der Waals surface area contributed by atoms with Gasteiger partial charge in [0.25, 0.3) is 0 Å². The van der Waals surface area contributed by atoms with Gasteiger partial charge in [0.2, 0.25) is 0 Å². The quantitative estimate of drug-likeness (QED) is 0.849. The molecule has 0 spiro atoms. The van der Waals surface area contributed by atoms with Crippen LogP contribution >= 0.6 is 11.8 Å². The lowest BCUT2D eigenvalue weighted by Crippen LogP contribution is -2.02. The predicted molar refractivity (Wildman–Crippen MR) is 79.5 cm³/mol. The molecule has 1 fully saturated rings. The number of hydrogen-bond donors (Lipinski definition) is 1. The van der Waals surface area contributed by atoms with E-state index in [0.29, 0.717) is 16.6 Å². The Labute approximate surface area is 122 Å². The van der Waals surface area contributed by atoms with Crippen molar-refractivity contribution in [1.82, 2.24) is 9.97 Å². The molecule has 20 heavy (non-hydrogen) atoms. The average molecular weight is 289 g/mol. The van der Waals surface area contributed by atoms with E-state index in [1.54, 1.807) is 12.1 Å². The van der Waals surface area contributed by atoms with E-state index in [4.69, 9.17) is 0 Å². The number of anilines is 1. The molecule has 1 heterocycles. The van der Waals surface area contributed by atoms with Crippen LogP contribution in [0, 0.1) is 5.82 Å². The minimum atomic E-state index is -0.190. The maximum atomic E-state index is 13.6. The summed E-state index contributed by atoms with van der Waals surface area (Å²) in [5, 5.41) is 3.07. The lowest BCUT2D eigenvalue weighted by atomic mass is 10.3. The van der Waals surface area contributed by atoms with Crippen LogP contribution in [0.1, 0.15) is 30.3 Å². The molecule has 104 valence electrons. The molecule has 0 atom stereocenters. The molecule has 0 aliphatic heterocycles. The van der Waals surface area contributed by atoms with Gasteiger partial charge in [-0.05, 0) is 25.0 Å². The van der Waals surface area contributed by atoms with Gasteiger partial charge in [-0.15, -0.1) is 11.8 Å². The van der Waals surface area contributed by atoms with Crippen LogP contribution in [0.2, 0.25) is 0 Å². The largest absolute Gasteiger partial charge is 0.373 e. The van der Waals surface area contributed by atoms with Gasteiger partial charge in [0.1, 0.15) is 17.5 Å². The number of aromatic nitrogens is 2. The van der Waals surface area contributed by atoms with Gasteiger partial charge in [0.15, 0.2) is 0 Å². The molecule has 5 heteroatoms. The molecule has 0 unspecified atom stereocenters. The van der Waals surface area contributed by atoms with Crippen molar-refractivity contribution in [2.75, 3.05) is 12.4 Å². The van der Waals surface area contributed by atoms with Crippen LogP contribution in [0.15, 0.2) is 35.2 Å². The Hall–Kier alpha value is -1.62. The monoisotopic (exact) mass is 289 g/mol. The molecular weight excluding hydrogens is 273 g/mol. The molecule has 1 aromatic heterocycles. The van der Waals surface area contributed by atoms with E-state index < -0.39 is 0 Å². The third-order valence-corrected chi connectivity index (χ3v) is 4.28. The Morgan fingerprint density at radius 2 is 2.10 bits per heavy atom. The van der Waals surface area contributed by atoms with Gasteiger partial charge in [-0.1, -0.05) is 12.1 Å². The molecule has 2 aromatic rings. The summed E-state index contributed by atoms with van der Waals surface area (Å²) in [5.41, 5.74) is 1.11. The number of rotatable bonds is 5. The summed E-state index contributed by atoms with van der Waals surface area (Å²) in [7, 11) is 1.85. The Balaban J connectivity index is 1.76. The summed E-state index contributed by atoms with van der Waals surface area (Å²) in [6.07, 6.45) is 2.42. The first kappa shape index (κ1) is 13.4. The molecular formula is C15H16FN3S. The maximum Gasteiger partial charge on any atom is 0.141 e. The highest BCUT2D eigenvalue weighted by Gasteiger charge is 2.26. The van der Waals surface area contributed by atoms with Crippen molar-refractivity contribution < 1.29 is 4.39 Å². The van der Waals surface area contributed by atoms with Crippen LogP contribution in [0.25, 0.3) is 0 Å². The third kappa shape index (κ3) is 3.10. The summed E-state index contributed by atoms with van der Waals surface area (Å²) in [4.78, 5) is 9.67. The van der Waals surface area contributed by atoms with Crippen LogP contribution in [0.5, 0.6) is 0 Å². The van der Waals surface area contributed by atoms with Gasteiger partial charge in [-0.3, -0.25) is 0 Å². The van der Waals surface area contributed by atoms with E-state index in [0.717, 1.165) is 17.3 Å². The van der Waals surface area contributed by atoms with E-state index in [1.807, 2.05) is 19.2 Å². The summed E-state index contributed by atoms with van der Waals surface area (Å²) in [6.45, 7) is 0. The fraction of sp³-hybridized carbons (Fsp3) is 0.333. The number of halogens is 1. The van der Waals surface area contributed by atoms with Crippen LogP contribution in [0.3, 0.4) is 0 Å². The van der Waals surface area contributed by atoms with Crippen molar-refractivity contribution >= 4 is 17.6 Å². The third-order valence-electron chi connectivity index (χ3n) is 3.24. The molecule has 1 aliphatic carbocycles. The number of nitrogens with one attached hydrogen (secondary N) is 1. The lowest BCUT2D eigenvalue weighted by Gasteiger charge is -2.07. The van der Waals surface area contributed by atoms with Gasteiger partial charge in [-0.2, -0.15) is 0 Å². The highest BCUT2D eigenvalue weighted by atomic mass is 32.2. The number of hydrogen-bond acceptors (Lipinski definition) is 4. The first-order valence-electron chi connectivity index (χ1n) is 6.69. The van der Waals surface area contributed by atoms with Crippen molar-refractivity contribution in [3.8, 4) is 0 Å². The predicted octanol–water partition coefficient (Wildman–Crippen LogP) is 3.83. The molecule has 1 aliphatic rings. The molecule has 3 rings (SSSR count).